The summed E-state index contributed by atoms with van der Waals surface area (Å²) in [5.41, 5.74) is 0.949. The van der Waals surface area contributed by atoms with Crippen molar-refractivity contribution < 1.29 is 24.2 Å². The molecule has 26 heavy (non-hydrogen) atoms. The summed E-state index contributed by atoms with van der Waals surface area (Å²) in [4.78, 5) is 25.6. The molecule has 0 radical (unpaired) electrons. The van der Waals surface area contributed by atoms with Gasteiger partial charge in [-0.25, -0.2) is 4.79 Å². The molecule has 0 saturated carbocycles. The highest BCUT2D eigenvalue weighted by molar-refractivity contribution is 5.77. The van der Waals surface area contributed by atoms with Crippen LogP contribution in [0, 0.1) is 11.8 Å². The molecule has 142 valence electrons. The maximum absolute atomic E-state index is 12.7. The monoisotopic (exact) mass is 362 g/mol. The number of carboxylic acids is 1. The fraction of sp³-hybridized carbons (Fsp3) is 0.579. The number of likely N-dealkylation sites (tertiary alicyclic amines) is 1. The molecule has 1 saturated heterocycles. The maximum atomic E-state index is 12.7. The first-order chi connectivity index (χ1) is 12.5. The van der Waals surface area contributed by atoms with Crippen molar-refractivity contribution in [3.05, 3.63) is 23.8 Å². The van der Waals surface area contributed by atoms with Crippen LogP contribution in [0.3, 0.4) is 0 Å². The third-order valence-corrected chi connectivity index (χ3v) is 4.97. The number of hydrogen-bond acceptors (Lipinski definition) is 4. The van der Waals surface area contributed by atoms with Gasteiger partial charge in [0.15, 0.2) is 11.5 Å². The van der Waals surface area contributed by atoms with Crippen molar-refractivity contribution in [3.63, 3.8) is 0 Å². The molecule has 2 amide bonds. The molecule has 1 aromatic carbocycles. The number of rotatable bonds is 4. The number of carboxylic acid groups (broad SMARTS) is 1. The topological polar surface area (TPSA) is 88.1 Å². The minimum Gasteiger partial charge on any atom is -0.486 e. The predicted molar refractivity (Wildman–Crippen MR) is 95.5 cm³/mol. The van der Waals surface area contributed by atoms with Crippen LogP contribution < -0.4 is 14.8 Å². The first kappa shape index (κ1) is 18.4. The summed E-state index contributed by atoms with van der Waals surface area (Å²) in [6, 6.07) is 5.31. The third kappa shape index (κ3) is 4.03. The van der Waals surface area contributed by atoms with E-state index in [0.29, 0.717) is 31.9 Å². The largest absolute Gasteiger partial charge is 0.486 e. The Morgan fingerprint density at radius 1 is 1.27 bits per heavy atom. The van der Waals surface area contributed by atoms with Gasteiger partial charge in [-0.05, 0) is 36.5 Å². The minimum absolute atomic E-state index is 0.168. The molecular weight excluding hydrogens is 336 g/mol. The van der Waals surface area contributed by atoms with Crippen molar-refractivity contribution in [2.45, 2.75) is 32.7 Å². The highest BCUT2D eigenvalue weighted by atomic mass is 16.6. The van der Waals surface area contributed by atoms with E-state index >= 15 is 0 Å². The summed E-state index contributed by atoms with van der Waals surface area (Å²) in [6.07, 6.45) is 1.33. The lowest BCUT2D eigenvalue weighted by atomic mass is 9.91. The Hall–Kier alpha value is -2.44. The van der Waals surface area contributed by atoms with Crippen LogP contribution in [0.2, 0.25) is 0 Å². The standard InChI is InChI=1S/C19H26N2O5/c1-3-15(13-4-5-16-17(9-13)26-7-6-25-16)20-19(24)21-10-12(2)8-14(11-21)18(22)23/h4-5,9,12,14-15H,3,6-8,10-11H2,1-2H3,(H,20,24)(H,22,23). The summed E-state index contributed by atoms with van der Waals surface area (Å²) in [6.45, 7) is 5.87. The zero-order valence-corrected chi connectivity index (χ0v) is 15.2. The molecule has 3 rings (SSSR count). The van der Waals surface area contributed by atoms with Crippen LogP contribution in [0.25, 0.3) is 0 Å². The zero-order valence-electron chi connectivity index (χ0n) is 15.2. The molecule has 1 aromatic rings. The number of fused-ring (bicyclic) bond motifs is 1. The number of carbonyl (C=O) groups excluding carboxylic acids is 1. The molecule has 7 heteroatoms. The van der Waals surface area contributed by atoms with E-state index in [2.05, 4.69) is 5.32 Å². The molecule has 0 spiro atoms. The van der Waals surface area contributed by atoms with Gasteiger partial charge in [0, 0.05) is 13.1 Å². The van der Waals surface area contributed by atoms with Crippen molar-refractivity contribution in [3.8, 4) is 11.5 Å². The van der Waals surface area contributed by atoms with Gasteiger partial charge in [-0.15, -0.1) is 0 Å². The van der Waals surface area contributed by atoms with Gasteiger partial charge in [0.1, 0.15) is 13.2 Å². The third-order valence-electron chi connectivity index (χ3n) is 4.97. The van der Waals surface area contributed by atoms with E-state index in [0.717, 1.165) is 17.7 Å². The predicted octanol–water partition coefficient (Wildman–Crippen LogP) is 2.66. The highest BCUT2D eigenvalue weighted by Gasteiger charge is 2.32. The summed E-state index contributed by atoms with van der Waals surface area (Å²) in [5.74, 6) is 0.242. The summed E-state index contributed by atoms with van der Waals surface area (Å²) in [5, 5.41) is 12.3. The van der Waals surface area contributed by atoms with Crippen LogP contribution in [-0.2, 0) is 4.79 Å². The molecule has 1 fully saturated rings. The van der Waals surface area contributed by atoms with E-state index in [1.54, 1.807) is 4.90 Å². The number of amides is 2. The normalized spacial score (nSPS) is 23.2. The number of aliphatic carboxylic acids is 1. The van der Waals surface area contributed by atoms with E-state index in [1.807, 2.05) is 32.0 Å². The first-order valence-electron chi connectivity index (χ1n) is 9.15. The van der Waals surface area contributed by atoms with Crippen LogP contribution >= 0.6 is 0 Å². The van der Waals surface area contributed by atoms with Gasteiger partial charge in [0.05, 0.1) is 12.0 Å². The van der Waals surface area contributed by atoms with Crippen LogP contribution in [0.1, 0.15) is 38.3 Å². The molecular formula is C19H26N2O5. The molecule has 2 heterocycles. The summed E-state index contributed by atoms with van der Waals surface area (Å²) >= 11 is 0. The number of carbonyl (C=O) groups is 2. The van der Waals surface area contributed by atoms with Gasteiger partial charge in [-0.3, -0.25) is 4.79 Å². The molecule has 0 aliphatic carbocycles. The van der Waals surface area contributed by atoms with Gasteiger partial charge in [-0.1, -0.05) is 19.9 Å². The Bertz CT molecular complexity index is 678. The van der Waals surface area contributed by atoms with Gasteiger partial charge in [0.25, 0.3) is 0 Å². The number of hydrogen-bond donors (Lipinski definition) is 2. The van der Waals surface area contributed by atoms with Crippen LogP contribution in [0.5, 0.6) is 11.5 Å². The lowest BCUT2D eigenvalue weighted by Crippen LogP contribution is -2.50. The average molecular weight is 362 g/mol. The summed E-state index contributed by atoms with van der Waals surface area (Å²) in [7, 11) is 0. The van der Waals surface area contributed by atoms with Gasteiger partial charge in [-0.2, -0.15) is 0 Å². The Kier molecular flexibility index (Phi) is 5.54. The van der Waals surface area contributed by atoms with Crippen molar-refractivity contribution in [1.82, 2.24) is 10.2 Å². The number of piperidine rings is 1. The van der Waals surface area contributed by atoms with Gasteiger partial charge in [0.2, 0.25) is 0 Å². The quantitative estimate of drug-likeness (QED) is 0.860. The van der Waals surface area contributed by atoms with Crippen molar-refractivity contribution in [2.75, 3.05) is 26.3 Å². The van der Waals surface area contributed by atoms with Crippen LogP contribution in [0.15, 0.2) is 18.2 Å². The van der Waals surface area contributed by atoms with Crippen LogP contribution in [-0.4, -0.2) is 48.3 Å². The number of nitrogens with zero attached hydrogens (tertiary/aromatic N) is 1. The molecule has 3 unspecified atom stereocenters. The lowest BCUT2D eigenvalue weighted by Gasteiger charge is -2.35. The Labute approximate surface area is 153 Å². The molecule has 0 bridgehead atoms. The maximum Gasteiger partial charge on any atom is 0.317 e. The second-order valence-electron chi connectivity index (χ2n) is 7.09. The summed E-state index contributed by atoms with van der Waals surface area (Å²) < 4.78 is 11.2. The number of urea groups is 1. The fourth-order valence-corrected chi connectivity index (χ4v) is 3.63. The van der Waals surface area contributed by atoms with Gasteiger partial charge < -0.3 is 24.8 Å². The Morgan fingerprint density at radius 2 is 2.00 bits per heavy atom. The van der Waals surface area contributed by atoms with Crippen molar-refractivity contribution in [2.24, 2.45) is 11.8 Å². The molecule has 2 aliphatic heterocycles. The first-order valence-corrected chi connectivity index (χ1v) is 9.15. The second-order valence-corrected chi connectivity index (χ2v) is 7.09. The SMILES string of the molecule is CCC(NC(=O)N1CC(C)CC(C(=O)O)C1)c1ccc2c(c1)OCCO2. The van der Waals surface area contributed by atoms with E-state index in [1.165, 1.54) is 0 Å². The van der Waals surface area contributed by atoms with E-state index in [-0.39, 0.29) is 24.5 Å². The van der Waals surface area contributed by atoms with E-state index in [4.69, 9.17) is 9.47 Å². The molecule has 7 nitrogen and oxygen atoms in total. The second kappa shape index (κ2) is 7.85. The number of benzene rings is 1. The fourth-order valence-electron chi connectivity index (χ4n) is 3.63. The molecule has 2 N–H and O–H groups in total. The van der Waals surface area contributed by atoms with Crippen LogP contribution in [0.4, 0.5) is 4.79 Å². The Morgan fingerprint density at radius 3 is 2.69 bits per heavy atom. The molecule has 3 atom stereocenters. The van der Waals surface area contributed by atoms with E-state index in [9.17, 15) is 14.7 Å². The molecule has 0 aromatic heterocycles. The average Bonchev–Trinajstić information content (AvgIpc) is 2.65. The zero-order chi connectivity index (χ0) is 18.7. The smallest absolute Gasteiger partial charge is 0.317 e. The Balaban J connectivity index is 1.69. The minimum atomic E-state index is -0.840. The molecule has 2 aliphatic rings. The highest BCUT2D eigenvalue weighted by Crippen LogP contribution is 2.33. The van der Waals surface area contributed by atoms with Gasteiger partial charge >= 0.3 is 12.0 Å². The lowest BCUT2D eigenvalue weighted by molar-refractivity contribution is -0.143. The van der Waals surface area contributed by atoms with E-state index < -0.39 is 11.9 Å². The number of nitrogens with one attached hydrogen (secondary N) is 1. The van der Waals surface area contributed by atoms with Crippen molar-refractivity contribution in [1.29, 1.82) is 0 Å². The number of ether oxygens (including phenoxy) is 2. The van der Waals surface area contributed by atoms with Crippen molar-refractivity contribution >= 4 is 12.0 Å².